The molecule has 0 bridgehead atoms. The first-order chi connectivity index (χ1) is 18.3. The Kier molecular flexibility index (Phi) is 8.53. The van der Waals surface area contributed by atoms with E-state index in [0.717, 1.165) is 19.6 Å². The molecule has 1 aromatic heterocycles. The van der Waals surface area contributed by atoms with E-state index in [-0.39, 0.29) is 17.0 Å². The van der Waals surface area contributed by atoms with Gasteiger partial charge in [-0.15, -0.1) is 0 Å². The maximum atomic E-state index is 13.4. The number of H-pyrrole nitrogens is 1. The predicted octanol–water partition coefficient (Wildman–Crippen LogP) is 2.96. The number of rotatable bonds is 9. The van der Waals surface area contributed by atoms with Gasteiger partial charge in [0, 0.05) is 37.4 Å². The van der Waals surface area contributed by atoms with Crippen molar-refractivity contribution in [2.45, 2.75) is 33.2 Å². The number of carbonyl (C=O) groups excluding carboxylic acids is 3. The molecule has 1 aromatic carbocycles. The van der Waals surface area contributed by atoms with E-state index in [1.807, 2.05) is 6.92 Å². The number of ketones is 1. The number of aromatic amines is 1. The summed E-state index contributed by atoms with van der Waals surface area (Å²) >= 11 is 0. The van der Waals surface area contributed by atoms with Gasteiger partial charge < -0.3 is 29.2 Å². The van der Waals surface area contributed by atoms with Crippen LogP contribution in [0, 0.1) is 13.8 Å². The minimum Gasteiger partial charge on any atom is -0.507 e. The highest BCUT2D eigenvalue weighted by atomic mass is 16.5. The smallest absolute Gasteiger partial charge is 0.354 e. The van der Waals surface area contributed by atoms with E-state index in [1.165, 1.54) is 12.0 Å². The van der Waals surface area contributed by atoms with Gasteiger partial charge in [-0.25, -0.2) is 4.79 Å². The molecule has 204 valence electrons. The van der Waals surface area contributed by atoms with Crippen molar-refractivity contribution in [1.29, 1.82) is 0 Å². The second-order valence-electron chi connectivity index (χ2n) is 9.42. The Bertz CT molecular complexity index is 1230. The number of likely N-dealkylation sites (tertiary alicyclic amines) is 1. The molecule has 1 amide bonds. The van der Waals surface area contributed by atoms with Gasteiger partial charge in [0.05, 0.1) is 38.5 Å². The topological polar surface area (TPSA) is 121 Å². The van der Waals surface area contributed by atoms with E-state index in [9.17, 15) is 19.5 Å². The molecule has 38 heavy (non-hydrogen) atoms. The van der Waals surface area contributed by atoms with Crippen molar-refractivity contribution in [2.75, 3.05) is 53.1 Å². The van der Waals surface area contributed by atoms with Crippen molar-refractivity contribution < 1.29 is 33.7 Å². The number of methoxy groups -OCH3 is 1. The first-order valence-corrected chi connectivity index (χ1v) is 12.9. The van der Waals surface area contributed by atoms with Crippen molar-refractivity contribution >= 4 is 23.4 Å². The Balaban J connectivity index is 1.74. The highest BCUT2D eigenvalue weighted by Crippen LogP contribution is 2.41. The van der Waals surface area contributed by atoms with Crippen molar-refractivity contribution in [2.24, 2.45) is 0 Å². The Morgan fingerprint density at radius 3 is 2.45 bits per heavy atom. The number of morpholine rings is 1. The third-order valence-corrected chi connectivity index (χ3v) is 7.09. The number of aromatic nitrogens is 1. The average molecular weight is 526 g/mol. The van der Waals surface area contributed by atoms with Crippen LogP contribution in [0.3, 0.4) is 0 Å². The monoisotopic (exact) mass is 525 g/mol. The number of aliphatic hydroxyl groups is 1. The zero-order chi connectivity index (χ0) is 27.4. The van der Waals surface area contributed by atoms with E-state index < -0.39 is 23.7 Å². The van der Waals surface area contributed by atoms with Crippen molar-refractivity contribution in [3.8, 4) is 5.75 Å². The van der Waals surface area contributed by atoms with Crippen LogP contribution in [0.1, 0.15) is 52.3 Å². The van der Waals surface area contributed by atoms with Crippen LogP contribution in [-0.2, 0) is 19.1 Å². The molecule has 2 N–H and O–H groups in total. The van der Waals surface area contributed by atoms with E-state index in [0.29, 0.717) is 60.9 Å². The van der Waals surface area contributed by atoms with Gasteiger partial charge in [0.15, 0.2) is 0 Å². The van der Waals surface area contributed by atoms with Crippen molar-refractivity contribution in [3.05, 3.63) is 57.9 Å². The number of hydrogen-bond donors (Lipinski definition) is 2. The second-order valence-corrected chi connectivity index (χ2v) is 9.42. The molecule has 10 nitrogen and oxygen atoms in total. The number of esters is 1. The van der Waals surface area contributed by atoms with E-state index in [1.54, 1.807) is 38.1 Å². The van der Waals surface area contributed by atoms with Gasteiger partial charge in [0.2, 0.25) is 0 Å². The number of Topliss-reactive ketones (excluding diaryl/α,β-unsaturated/α-hetero) is 1. The second kappa shape index (κ2) is 11.8. The third-order valence-electron chi connectivity index (χ3n) is 7.09. The van der Waals surface area contributed by atoms with Gasteiger partial charge in [-0.2, -0.15) is 0 Å². The lowest BCUT2D eigenvalue weighted by atomic mass is 9.94. The molecular formula is C28H35N3O7. The van der Waals surface area contributed by atoms with Crippen LogP contribution < -0.4 is 4.74 Å². The summed E-state index contributed by atoms with van der Waals surface area (Å²) in [5.74, 6) is -1.66. The maximum absolute atomic E-state index is 13.4. The molecule has 2 aliphatic heterocycles. The fourth-order valence-corrected chi connectivity index (χ4v) is 5.21. The molecule has 3 heterocycles. The van der Waals surface area contributed by atoms with Gasteiger partial charge in [-0.1, -0.05) is 12.1 Å². The number of aryl methyl sites for hydroxylation is 1. The molecule has 0 saturated carbocycles. The molecular weight excluding hydrogens is 490 g/mol. The van der Waals surface area contributed by atoms with E-state index in [4.69, 9.17) is 14.2 Å². The summed E-state index contributed by atoms with van der Waals surface area (Å²) in [6, 6.07) is 6.40. The molecule has 0 unspecified atom stereocenters. The van der Waals surface area contributed by atoms with Crippen LogP contribution in [-0.4, -0.2) is 90.7 Å². The van der Waals surface area contributed by atoms with Gasteiger partial charge in [0.1, 0.15) is 17.2 Å². The van der Waals surface area contributed by atoms with Crippen LogP contribution in [0.4, 0.5) is 0 Å². The lowest BCUT2D eigenvalue weighted by Gasteiger charge is -2.29. The Labute approximate surface area is 222 Å². The highest BCUT2D eigenvalue weighted by molar-refractivity contribution is 6.46. The SMILES string of the molecule is CCOc1ccc([C@@H]2C(=C(O)c3c(C)[nH]c(C(=O)OC)c3C)C(=O)C(=O)N2CCCN2CCOCC2)cc1. The molecule has 0 aliphatic carbocycles. The fourth-order valence-electron chi connectivity index (χ4n) is 5.21. The number of amides is 1. The van der Waals surface area contributed by atoms with Crippen LogP contribution in [0.15, 0.2) is 29.8 Å². The van der Waals surface area contributed by atoms with Crippen LogP contribution in [0.5, 0.6) is 5.75 Å². The van der Waals surface area contributed by atoms with Crippen LogP contribution in [0.2, 0.25) is 0 Å². The lowest BCUT2D eigenvalue weighted by molar-refractivity contribution is -0.140. The fraction of sp³-hybridized carbons (Fsp3) is 0.464. The lowest BCUT2D eigenvalue weighted by Crippen LogP contribution is -2.38. The molecule has 1 atom stereocenters. The first kappa shape index (κ1) is 27.4. The first-order valence-electron chi connectivity index (χ1n) is 12.9. The minimum atomic E-state index is -0.786. The zero-order valence-electron chi connectivity index (χ0n) is 22.3. The molecule has 2 aliphatic rings. The summed E-state index contributed by atoms with van der Waals surface area (Å²) in [4.78, 5) is 45.7. The summed E-state index contributed by atoms with van der Waals surface area (Å²) in [5.41, 5.74) is 2.10. The predicted molar refractivity (Wildman–Crippen MR) is 140 cm³/mol. The number of aliphatic hydroxyl groups excluding tert-OH is 1. The number of benzene rings is 1. The number of nitrogens with one attached hydrogen (secondary N) is 1. The van der Waals surface area contributed by atoms with Gasteiger partial charge in [-0.05, 0) is 50.5 Å². The summed E-state index contributed by atoms with van der Waals surface area (Å²) in [6.45, 7) is 9.88. The van der Waals surface area contributed by atoms with Crippen LogP contribution in [0.25, 0.3) is 5.76 Å². The maximum Gasteiger partial charge on any atom is 0.354 e. The molecule has 2 aromatic rings. The Morgan fingerprint density at radius 1 is 1.13 bits per heavy atom. The highest BCUT2D eigenvalue weighted by Gasteiger charge is 2.46. The normalized spacial score (nSPS) is 19.7. The number of ether oxygens (including phenoxy) is 3. The molecule has 2 fully saturated rings. The quantitative estimate of drug-likeness (QED) is 0.222. The molecule has 2 saturated heterocycles. The number of hydrogen-bond acceptors (Lipinski definition) is 8. The average Bonchev–Trinajstić information content (AvgIpc) is 3.36. The van der Waals surface area contributed by atoms with Crippen molar-refractivity contribution in [3.63, 3.8) is 0 Å². The molecule has 4 rings (SSSR count). The standard InChI is InChI=1S/C28H35N3O7/c1-5-38-20-9-7-19(8-10-20)24-22(25(32)21-17(2)23(28(35)36-4)29-18(21)3)26(33)27(34)31(24)12-6-11-30-13-15-37-16-14-30/h7-10,24,29,32H,5-6,11-16H2,1-4H3/t24-/m1/s1. The summed E-state index contributed by atoms with van der Waals surface area (Å²) < 4.78 is 15.8. The van der Waals surface area contributed by atoms with E-state index in [2.05, 4.69) is 9.88 Å². The van der Waals surface area contributed by atoms with Gasteiger partial charge in [-0.3, -0.25) is 14.5 Å². The summed E-state index contributed by atoms with van der Waals surface area (Å²) in [6.07, 6.45) is 0.662. The minimum absolute atomic E-state index is 0.00727. The largest absolute Gasteiger partial charge is 0.507 e. The number of nitrogens with zero attached hydrogens (tertiary/aromatic N) is 2. The van der Waals surface area contributed by atoms with Gasteiger partial charge in [0.25, 0.3) is 11.7 Å². The van der Waals surface area contributed by atoms with Crippen LogP contribution >= 0.6 is 0 Å². The Morgan fingerprint density at radius 2 is 1.82 bits per heavy atom. The molecule has 0 spiro atoms. The third kappa shape index (κ3) is 5.32. The summed E-state index contributed by atoms with van der Waals surface area (Å²) in [5, 5.41) is 11.5. The number of carbonyl (C=O) groups is 3. The molecule has 0 radical (unpaired) electrons. The van der Waals surface area contributed by atoms with Crippen molar-refractivity contribution in [1.82, 2.24) is 14.8 Å². The van der Waals surface area contributed by atoms with E-state index >= 15 is 0 Å². The summed E-state index contributed by atoms with van der Waals surface area (Å²) in [7, 11) is 1.27. The molecule has 10 heteroatoms. The Hall–Kier alpha value is -3.63. The zero-order valence-corrected chi connectivity index (χ0v) is 22.3. The van der Waals surface area contributed by atoms with Gasteiger partial charge >= 0.3 is 5.97 Å².